The third-order valence-corrected chi connectivity index (χ3v) is 9.05. The van der Waals surface area contributed by atoms with E-state index in [0.717, 1.165) is 0 Å². The van der Waals surface area contributed by atoms with Crippen molar-refractivity contribution < 1.29 is 33.7 Å². The van der Waals surface area contributed by atoms with Gasteiger partial charge in [0, 0.05) is 23.7 Å². The summed E-state index contributed by atoms with van der Waals surface area (Å²) in [5.41, 5.74) is -5.33. The molecule has 0 radical (unpaired) electrons. The molecule has 0 unspecified atom stereocenters. The van der Waals surface area contributed by atoms with Gasteiger partial charge in [-0.15, -0.1) is 0 Å². The topological polar surface area (TPSA) is 101 Å². The van der Waals surface area contributed by atoms with Gasteiger partial charge in [0.15, 0.2) is 18.1 Å². The van der Waals surface area contributed by atoms with Gasteiger partial charge in [-0.25, -0.2) is 4.39 Å². The summed E-state index contributed by atoms with van der Waals surface area (Å²) in [6, 6.07) is 0. The molecule has 3 fully saturated rings. The Morgan fingerprint density at radius 3 is 2.61 bits per heavy atom. The minimum absolute atomic E-state index is 0.0953. The summed E-state index contributed by atoms with van der Waals surface area (Å²) in [6.45, 7) is 5.89. The van der Waals surface area contributed by atoms with Crippen LogP contribution in [0.2, 0.25) is 0 Å². The summed E-state index contributed by atoms with van der Waals surface area (Å²) >= 11 is 0. The summed E-state index contributed by atoms with van der Waals surface area (Å²) in [7, 11) is 0. The summed E-state index contributed by atoms with van der Waals surface area (Å²) in [5.74, 6) is -2.80. The zero-order valence-corrected chi connectivity index (χ0v) is 18.5. The van der Waals surface area contributed by atoms with Gasteiger partial charge >= 0.3 is 5.97 Å². The number of carbonyl (C=O) groups is 3. The van der Waals surface area contributed by atoms with Crippen molar-refractivity contribution in [3.05, 3.63) is 23.8 Å². The number of ketones is 2. The zero-order chi connectivity index (χ0) is 23.0. The molecule has 0 spiro atoms. The summed E-state index contributed by atoms with van der Waals surface area (Å²) in [5, 5.41) is 22.9. The van der Waals surface area contributed by atoms with Crippen molar-refractivity contribution >= 4 is 17.5 Å². The number of carbonyl (C=O) groups excluding carboxylic acids is 3. The number of ether oxygens (including phenoxy) is 1. The second-order valence-electron chi connectivity index (χ2n) is 10.4. The van der Waals surface area contributed by atoms with Crippen LogP contribution in [-0.4, -0.2) is 51.7 Å². The van der Waals surface area contributed by atoms with E-state index in [1.165, 1.54) is 19.1 Å². The average Bonchev–Trinajstić information content (AvgIpc) is 2.89. The molecule has 0 aliphatic heterocycles. The fourth-order valence-corrected chi connectivity index (χ4v) is 7.42. The predicted molar refractivity (Wildman–Crippen MR) is 109 cm³/mol. The quantitative estimate of drug-likeness (QED) is 0.662. The van der Waals surface area contributed by atoms with E-state index in [-0.39, 0.29) is 18.1 Å². The molecule has 0 aromatic rings. The lowest BCUT2D eigenvalue weighted by Gasteiger charge is -2.62. The van der Waals surface area contributed by atoms with Crippen LogP contribution in [0.25, 0.3) is 0 Å². The lowest BCUT2D eigenvalue weighted by Crippen LogP contribution is -2.69. The normalized spacial score (nSPS) is 48.4. The van der Waals surface area contributed by atoms with Crippen molar-refractivity contribution in [3.63, 3.8) is 0 Å². The van der Waals surface area contributed by atoms with Gasteiger partial charge in [0.25, 0.3) is 0 Å². The first kappa shape index (κ1) is 22.3. The van der Waals surface area contributed by atoms with Crippen LogP contribution in [0.5, 0.6) is 0 Å². The minimum Gasteiger partial charge on any atom is -0.458 e. The minimum atomic E-state index is -2.01. The standard InChI is InChI=1S/C24H31FO6/c1-13-9-18-17-6-5-15-10-16(27)7-8-21(15,3)23(17,25)19(28)11-22(18,4)24(13,30)20(29)12-31-14(2)26/h7-8,10,13,17-19,28,30H,5-6,9,11-12H2,1-4H3/t13-,17+,18+,19+,21+,22+,23+,24+/m0/s1. The van der Waals surface area contributed by atoms with E-state index in [1.54, 1.807) is 26.8 Å². The van der Waals surface area contributed by atoms with Crippen LogP contribution in [0.3, 0.4) is 0 Å². The third kappa shape index (κ3) is 2.65. The number of Topliss-reactive ketones (excluding diaryl/α,β-unsaturated/α-hetero) is 1. The Hall–Kier alpha value is -1.86. The zero-order valence-electron chi connectivity index (χ0n) is 18.5. The largest absolute Gasteiger partial charge is 0.458 e. The molecule has 0 saturated heterocycles. The highest BCUT2D eigenvalue weighted by atomic mass is 19.1. The Kier molecular flexibility index (Phi) is 4.91. The first-order valence-electron chi connectivity index (χ1n) is 11.0. The predicted octanol–water partition coefficient (Wildman–Crippen LogP) is 2.47. The van der Waals surface area contributed by atoms with Crippen molar-refractivity contribution in [2.75, 3.05) is 6.61 Å². The smallest absolute Gasteiger partial charge is 0.303 e. The van der Waals surface area contributed by atoms with Gasteiger partial charge in [-0.1, -0.05) is 25.5 Å². The van der Waals surface area contributed by atoms with Crippen molar-refractivity contribution in [1.82, 2.24) is 0 Å². The number of hydrogen-bond donors (Lipinski definition) is 2. The van der Waals surface area contributed by atoms with E-state index in [0.29, 0.717) is 24.8 Å². The van der Waals surface area contributed by atoms with Crippen molar-refractivity contribution in [2.24, 2.45) is 28.6 Å². The van der Waals surface area contributed by atoms with Crippen molar-refractivity contribution in [2.45, 2.75) is 70.8 Å². The Morgan fingerprint density at radius 1 is 1.29 bits per heavy atom. The molecule has 4 aliphatic rings. The van der Waals surface area contributed by atoms with E-state index in [9.17, 15) is 24.6 Å². The highest BCUT2D eigenvalue weighted by Gasteiger charge is 2.75. The fraction of sp³-hybridized carbons (Fsp3) is 0.708. The number of esters is 1. The van der Waals surface area contributed by atoms with Gasteiger partial charge in [0.1, 0.15) is 5.60 Å². The lowest BCUT2D eigenvalue weighted by molar-refractivity contribution is -0.219. The number of aliphatic hydroxyl groups is 2. The van der Waals surface area contributed by atoms with Crippen LogP contribution in [0.15, 0.2) is 23.8 Å². The number of rotatable bonds is 3. The molecular weight excluding hydrogens is 403 g/mol. The molecular formula is C24H31FO6. The Bertz CT molecular complexity index is 910. The van der Waals surface area contributed by atoms with E-state index in [1.807, 2.05) is 0 Å². The van der Waals surface area contributed by atoms with Gasteiger partial charge in [-0.3, -0.25) is 14.4 Å². The second-order valence-corrected chi connectivity index (χ2v) is 10.4. The maximum atomic E-state index is 17.0. The van der Waals surface area contributed by atoms with Crippen molar-refractivity contribution in [1.29, 1.82) is 0 Å². The van der Waals surface area contributed by atoms with Crippen molar-refractivity contribution in [3.8, 4) is 0 Å². The molecule has 0 aromatic heterocycles. The number of allylic oxidation sites excluding steroid dienone is 4. The highest BCUT2D eigenvalue weighted by molar-refractivity contribution is 6.01. The number of hydrogen-bond acceptors (Lipinski definition) is 6. The lowest BCUT2D eigenvalue weighted by atomic mass is 9.44. The first-order valence-corrected chi connectivity index (χ1v) is 11.0. The van der Waals surface area contributed by atoms with Gasteiger partial charge < -0.3 is 14.9 Å². The molecule has 0 aromatic carbocycles. The molecule has 0 heterocycles. The Balaban J connectivity index is 1.76. The van der Waals surface area contributed by atoms with Gasteiger partial charge in [0.05, 0.1) is 6.10 Å². The number of alkyl halides is 1. The highest BCUT2D eigenvalue weighted by Crippen LogP contribution is 2.70. The Morgan fingerprint density at radius 2 is 1.97 bits per heavy atom. The monoisotopic (exact) mass is 434 g/mol. The molecule has 2 N–H and O–H groups in total. The molecule has 7 heteroatoms. The maximum absolute atomic E-state index is 17.0. The summed E-state index contributed by atoms with van der Waals surface area (Å²) < 4.78 is 21.9. The van der Waals surface area contributed by atoms with E-state index < -0.39 is 58.4 Å². The van der Waals surface area contributed by atoms with Crippen LogP contribution in [0.4, 0.5) is 4.39 Å². The maximum Gasteiger partial charge on any atom is 0.303 e. The van der Waals surface area contributed by atoms with Crippen LogP contribution >= 0.6 is 0 Å². The van der Waals surface area contributed by atoms with Crippen LogP contribution in [-0.2, 0) is 19.1 Å². The van der Waals surface area contributed by atoms with Gasteiger partial charge in [-0.2, -0.15) is 0 Å². The van der Waals surface area contributed by atoms with Crippen LogP contribution in [0.1, 0.15) is 53.4 Å². The van der Waals surface area contributed by atoms with E-state index >= 15 is 4.39 Å². The average molecular weight is 435 g/mol. The molecule has 3 saturated carbocycles. The number of aliphatic hydroxyl groups excluding tert-OH is 1. The number of fused-ring (bicyclic) bond motifs is 5. The molecule has 8 atom stereocenters. The Labute approximate surface area is 181 Å². The summed E-state index contributed by atoms with van der Waals surface area (Å²) in [4.78, 5) is 36.2. The molecule has 31 heavy (non-hydrogen) atoms. The first-order chi connectivity index (χ1) is 14.3. The van der Waals surface area contributed by atoms with Crippen LogP contribution in [0, 0.1) is 28.6 Å². The second kappa shape index (κ2) is 6.82. The molecule has 4 aliphatic carbocycles. The van der Waals surface area contributed by atoms with Gasteiger partial charge in [-0.05, 0) is 56.6 Å². The molecule has 170 valence electrons. The number of halogens is 1. The summed E-state index contributed by atoms with van der Waals surface area (Å²) in [6.07, 6.45) is 4.29. The molecule has 0 bridgehead atoms. The fourth-order valence-electron chi connectivity index (χ4n) is 7.42. The van der Waals surface area contributed by atoms with Crippen LogP contribution < -0.4 is 0 Å². The van der Waals surface area contributed by atoms with E-state index in [4.69, 9.17) is 4.74 Å². The molecule has 4 rings (SSSR count). The molecule has 0 amide bonds. The third-order valence-electron chi connectivity index (χ3n) is 9.05. The SMILES string of the molecule is CC(=O)OCC(=O)[C@]1(O)[C@@H](C)C[C@@H]2[C@H]3CCC4=CC(=O)C=C[C@@]4(C)[C@]3(F)[C@H](O)C[C@]21C. The van der Waals surface area contributed by atoms with Gasteiger partial charge in [0.2, 0.25) is 5.78 Å². The molecule has 6 nitrogen and oxygen atoms in total. The van der Waals surface area contributed by atoms with E-state index in [2.05, 4.69) is 0 Å².